The van der Waals surface area contributed by atoms with Crippen molar-refractivity contribution in [2.24, 2.45) is 0 Å². The molecule has 3 aromatic rings. The minimum Gasteiger partial charge on any atom is -0.495 e. The molecule has 0 saturated carbocycles. The molecule has 1 N–H and O–H groups in total. The number of nitrogens with zero attached hydrogens (tertiary/aromatic N) is 4. The molecule has 1 aromatic carbocycles. The second-order valence-corrected chi connectivity index (χ2v) is 6.96. The molecule has 144 valence electrons. The highest BCUT2D eigenvalue weighted by atomic mass is 35.5. The van der Waals surface area contributed by atoms with E-state index in [1.54, 1.807) is 42.0 Å². The van der Waals surface area contributed by atoms with Crippen LogP contribution in [-0.2, 0) is 4.79 Å². The molecule has 2 amide bonds. The van der Waals surface area contributed by atoms with E-state index in [4.69, 9.17) is 16.3 Å². The first-order chi connectivity index (χ1) is 13.5. The average Bonchev–Trinajstić information content (AvgIpc) is 3.18. The summed E-state index contributed by atoms with van der Waals surface area (Å²) < 4.78 is 5.19. The van der Waals surface area contributed by atoms with Crippen molar-refractivity contribution in [2.75, 3.05) is 26.0 Å². The lowest BCUT2D eigenvalue weighted by Gasteiger charge is -2.16. The molecule has 0 fully saturated rings. The Morgan fingerprint density at radius 2 is 2.04 bits per heavy atom. The molecule has 0 unspecified atom stereocenters. The molecular weight excluding hydrogens is 402 g/mol. The van der Waals surface area contributed by atoms with Gasteiger partial charge in [-0.1, -0.05) is 11.6 Å². The summed E-state index contributed by atoms with van der Waals surface area (Å²) in [6.45, 7) is -0.163. The lowest BCUT2D eigenvalue weighted by Crippen LogP contribution is -2.35. The van der Waals surface area contributed by atoms with E-state index in [-0.39, 0.29) is 18.1 Å². The number of benzene rings is 1. The fourth-order valence-electron chi connectivity index (χ4n) is 2.33. The summed E-state index contributed by atoms with van der Waals surface area (Å²) >= 11 is 7.22. The maximum Gasteiger partial charge on any atom is 0.273 e. The molecule has 28 heavy (non-hydrogen) atoms. The van der Waals surface area contributed by atoms with Crippen LogP contribution in [0.1, 0.15) is 10.5 Å². The fourth-order valence-corrected chi connectivity index (χ4v) is 3.25. The van der Waals surface area contributed by atoms with Crippen LogP contribution in [0.4, 0.5) is 5.69 Å². The van der Waals surface area contributed by atoms with E-state index >= 15 is 0 Å². The number of hydrogen-bond donors (Lipinski definition) is 1. The zero-order chi connectivity index (χ0) is 20.1. The van der Waals surface area contributed by atoms with Crippen molar-refractivity contribution < 1.29 is 14.3 Å². The monoisotopic (exact) mass is 417 g/mol. The Kier molecular flexibility index (Phi) is 6.17. The van der Waals surface area contributed by atoms with Crippen LogP contribution in [-0.4, -0.2) is 52.4 Å². The molecule has 2 heterocycles. The molecule has 0 aliphatic rings. The van der Waals surface area contributed by atoms with Crippen LogP contribution in [0.25, 0.3) is 10.8 Å². The summed E-state index contributed by atoms with van der Waals surface area (Å²) in [6.07, 6.45) is 3.21. The first-order valence-electron chi connectivity index (χ1n) is 8.09. The topological polar surface area (TPSA) is 97.3 Å². The number of aromatic nitrogens is 3. The molecule has 0 atom stereocenters. The van der Waals surface area contributed by atoms with E-state index < -0.39 is 5.91 Å². The Bertz CT molecular complexity index is 996. The predicted octanol–water partition coefficient (Wildman–Crippen LogP) is 2.97. The Morgan fingerprint density at radius 3 is 2.75 bits per heavy atom. The number of rotatable bonds is 6. The van der Waals surface area contributed by atoms with E-state index in [9.17, 15) is 9.59 Å². The molecule has 2 aromatic heterocycles. The normalized spacial score (nSPS) is 10.4. The Hall–Kier alpha value is -3.04. The molecule has 0 saturated heterocycles. The maximum atomic E-state index is 12.6. The smallest absolute Gasteiger partial charge is 0.273 e. The Labute approximate surface area is 170 Å². The molecule has 3 rings (SSSR count). The van der Waals surface area contributed by atoms with Crippen LogP contribution in [0.15, 0.2) is 42.0 Å². The van der Waals surface area contributed by atoms with Gasteiger partial charge in [0.15, 0.2) is 10.8 Å². The number of halogens is 1. The van der Waals surface area contributed by atoms with Gasteiger partial charge in [-0.2, -0.15) is 0 Å². The number of hydrogen-bond acceptors (Lipinski definition) is 7. The lowest BCUT2D eigenvalue weighted by molar-refractivity contribution is -0.116. The second-order valence-electron chi connectivity index (χ2n) is 5.66. The minimum absolute atomic E-state index is 0.163. The number of carbonyl (C=O) groups is 2. The summed E-state index contributed by atoms with van der Waals surface area (Å²) in [4.78, 5) is 38.6. The first kappa shape index (κ1) is 19.7. The highest BCUT2D eigenvalue weighted by molar-refractivity contribution is 7.13. The van der Waals surface area contributed by atoms with E-state index in [0.29, 0.717) is 27.3 Å². The molecule has 0 aliphatic carbocycles. The zero-order valence-electron chi connectivity index (χ0n) is 15.0. The van der Waals surface area contributed by atoms with Gasteiger partial charge >= 0.3 is 0 Å². The summed E-state index contributed by atoms with van der Waals surface area (Å²) in [7, 11) is 3.01. The number of nitrogens with one attached hydrogen (secondary N) is 1. The van der Waals surface area contributed by atoms with E-state index in [2.05, 4.69) is 20.3 Å². The van der Waals surface area contributed by atoms with Crippen LogP contribution >= 0.6 is 22.9 Å². The van der Waals surface area contributed by atoms with Crippen LogP contribution in [0.2, 0.25) is 5.02 Å². The van der Waals surface area contributed by atoms with Gasteiger partial charge in [-0.05, 0) is 24.3 Å². The number of ether oxygens (including phenoxy) is 1. The van der Waals surface area contributed by atoms with Gasteiger partial charge in [0.25, 0.3) is 5.91 Å². The van der Waals surface area contributed by atoms with E-state index in [0.717, 1.165) is 0 Å². The average molecular weight is 418 g/mol. The van der Waals surface area contributed by atoms with Gasteiger partial charge in [0.1, 0.15) is 11.4 Å². The van der Waals surface area contributed by atoms with Gasteiger partial charge in [0, 0.05) is 29.8 Å². The van der Waals surface area contributed by atoms with Crippen molar-refractivity contribution in [2.45, 2.75) is 0 Å². The number of amides is 2. The Morgan fingerprint density at radius 1 is 1.29 bits per heavy atom. The van der Waals surface area contributed by atoms with Crippen LogP contribution in [0.5, 0.6) is 5.75 Å². The van der Waals surface area contributed by atoms with E-state index in [1.165, 1.54) is 30.4 Å². The van der Waals surface area contributed by atoms with Crippen LogP contribution < -0.4 is 10.1 Å². The van der Waals surface area contributed by atoms with Crippen molar-refractivity contribution in [3.05, 3.63) is 52.8 Å². The molecule has 0 radical (unpaired) electrons. The number of anilines is 1. The SMILES string of the molecule is COc1ccc(Cl)cc1NC(=O)CN(C)C(=O)c1csc(-c2ncccn2)n1. The molecule has 0 aliphatic heterocycles. The standard InChI is InChI=1S/C18H16ClN5O3S/c1-24(9-15(25)22-12-8-11(19)4-5-14(12)27-2)18(26)13-10-28-17(23-13)16-20-6-3-7-21-16/h3-8,10H,9H2,1-2H3,(H,22,25). The molecule has 10 heteroatoms. The highest BCUT2D eigenvalue weighted by Gasteiger charge is 2.19. The van der Waals surface area contributed by atoms with Crippen LogP contribution in [0.3, 0.4) is 0 Å². The zero-order valence-corrected chi connectivity index (χ0v) is 16.6. The summed E-state index contributed by atoms with van der Waals surface area (Å²) in [5.41, 5.74) is 0.654. The summed E-state index contributed by atoms with van der Waals surface area (Å²) in [5.74, 6) is 0.142. The van der Waals surface area contributed by atoms with Crippen molar-refractivity contribution >= 4 is 40.4 Å². The van der Waals surface area contributed by atoms with Gasteiger partial charge in [0.05, 0.1) is 19.3 Å². The van der Waals surface area contributed by atoms with Crippen molar-refractivity contribution in [3.8, 4) is 16.6 Å². The number of thiazole rings is 1. The van der Waals surface area contributed by atoms with E-state index in [1.807, 2.05) is 0 Å². The Balaban J connectivity index is 1.65. The second kappa shape index (κ2) is 8.77. The molecule has 0 bridgehead atoms. The predicted molar refractivity (Wildman–Crippen MR) is 107 cm³/mol. The number of likely N-dealkylation sites (N-methyl/N-ethyl adjacent to an activating group) is 1. The lowest BCUT2D eigenvalue weighted by atomic mass is 10.3. The molecule has 0 spiro atoms. The summed E-state index contributed by atoms with van der Waals surface area (Å²) in [5, 5.41) is 5.29. The first-order valence-corrected chi connectivity index (χ1v) is 9.35. The van der Waals surface area contributed by atoms with Crippen molar-refractivity contribution in [1.82, 2.24) is 19.9 Å². The molecule has 8 nitrogen and oxygen atoms in total. The third-order valence-corrected chi connectivity index (χ3v) is 4.72. The van der Waals surface area contributed by atoms with Gasteiger partial charge in [0.2, 0.25) is 5.91 Å². The van der Waals surface area contributed by atoms with Gasteiger partial charge in [-0.15, -0.1) is 11.3 Å². The van der Waals surface area contributed by atoms with Crippen LogP contribution in [0, 0.1) is 0 Å². The highest BCUT2D eigenvalue weighted by Crippen LogP contribution is 2.27. The molecular formula is C18H16ClN5O3S. The fraction of sp³-hybridized carbons (Fsp3) is 0.167. The van der Waals surface area contributed by atoms with Gasteiger partial charge in [-0.3, -0.25) is 9.59 Å². The number of carbonyl (C=O) groups excluding carboxylic acids is 2. The third-order valence-electron chi connectivity index (χ3n) is 3.64. The largest absolute Gasteiger partial charge is 0.495 e. The number of methoxy groups -OCH3 is 1. The van der Waals surface area contributed by atoms with Crippen molar-refractivity contribution in [3.63, 3.8) is 0 Å². The quantitative estimate of drug-likeness (QED) is 0.662. The third kappa shape index (κ3) is 4.62. The summed E-state index contributed by atoms with van der Waals surface area (Å²) in [6, 6.07) is 6.58. The minimum atomic E-state index is -0.390. The van der Waals surface area contributed by atoms with Crippen molar-refractivity contribution in [1.29, 1.82) is 0 Å². The van der Waals surface area contributed by atoms with Gasteiger partial charge in [-0.25, -0.2) is 15.0 Å². The van der Waals surface area contributed by atoms with Gasteiger partial charge < -0.3 is 15.0 Å². The maximum absolute atomic E-state index is 12.6.